The van der Waals surface area contributed by atoms with Crippen LogP contribution in [0, 0.1) is 0 Å². The summed E-state index contributed by atoms with van der Waals surface area (Å²) in [5, 5.41) is 12.8. The zero-order chi connectivity index (χ0) is 19.9. The van der Waals surface area contributed by atoms with Crippen molar-refractivity contribution in [2.45, 2.75) is 18.8 Å². The summed E-state index contributed by atoms with van der Waals surface area (Å²) in [5.74, 6) is 0.0139. The lowest BCUT2D eigenvalue weighted by Crippen LogP contribution is -2.31. The van der Waals surface area contributed by atoms with Gasteiger partial charge in [-0.3, -0.25) is 0 Å². The van der Waals surface area contributed by atoms with Crippen molar-refractivity contribution in [3.05, 3.63) is 65.2 Å². The minimum atomic E-state index is -4.38. The van der Waals surface area contributed by atoms with Crippen molar-refractivity contribution in [3.63, 3.8) is 0 Å². The van der Waals surface area contributed by atoms with Crippen LogP contribution >= 0.6 is 0 Å². The van der Waals surface area contributed by atoms with E-state index in [1.807, 2.05) is 0 Å². The van der Waals surface area contributed by atoms with E-state index < -0.39 is 23.8 Å². The van der Waals surface area contributed by atoms with E-state index in [-0.39, 0.29) is 19.7 Å². The topological polar surface area (TPSA) is 67.8 Å². The second kappa shape index (κ2) is 9.38. The van der Waals surface area contributed by atoms with Gasteiger partial charge in [-0.2, -0.15) is 13.2 Å². The average Bonchev–Trinajstić information content (AvgIpc) is 2.66. The molecule has 0 aromatic heterocycles. The lowest BCUT2D eigenvalue weighted by Gasteiger charge is -2.14. The molecule has 8 heteroatoms. The molecule has 27 heavy (non-hydrogen) atoms. The third-order valence-corrected chi connectivity index (χ3v) is 3.68. The Balaban J connectivity index is 1.75. The first-order valence-electron chi connectivity index (χ1n) is 8.15. The third kappa shape index (κ3) is 6.58. The van der Waals surface area contributed by atoms with Crippen LogP contribution in [0.2, 0.25) is 0 Å². The smallest absolute Gasteiger partial charge is 0.416 e. The fourth-order valence-corrected chi connectivity index (χ4v) is 2.30. The molecule has 0 heterocycles. The maximum atomic E-state index is 12.7. The molecule has 2 aromatic carbocycles. The highest BCUT2D eigenvalue weighted by Crippen LogP contribution is 2.29. The van der Waals surface area contributed by atoms with Crippen LogP contribution < -0.4 is 10.1 Å². The molecule has 0 amide bonds. The summed E-state index contributed by atoms with van der Waals surface area (Å²) in [7, 11) is 1.29. The standard InChI is InChI=1S/C19H20F3NO4/c1-26-18(25)14-5-7-17(8-6-14)27-12-16(24)11-23-10-13-3-2-4-15(9-13)19(20,21)22/h2-9,16,23-24H,10-12H2,1H3. The Hall–Kier alpha value is -2.58. The van der Waals surface area contributed by atoms with Crippen molar-refractivity contribution in [3.8, 4) is 5.75 Å². The number of aliphatic hydroxyl groups excluding tert-OH is 1. The van der Waals surface area contributed by atoms with Gasteiger partial charge in [0.05, 0.1) is 18.2 Å². The lowest BCUT2D eigenvalue weighted by molar-refractivity contribution is -0.137. The summed E-state index contributed by atoms with van der Waals surface area (Å²) in [6.45, 7) is 0.332. The number of methoxy groups -OCH3 is 1. The summed E-state index contributed by atoms with van der Waals surface area (Å²) in [6, 6.07) is 11.2. The van der Waals surface area contributed by atoms with Gasteiger partial charge in [-0.05, 0) is 35.9 Å². The average molecular weight is 383 g/mol. The fourth-order valence-electron chi connectivity index (χ4n) is 2.30. The number of ether oxygens (including phenoxy) is 2. The Bertz CT molecular complexity index is 747. The highest BCUT2D eigenvalue weighted by atomic mass is 19.4. The van der Waals surface area contributed by atoms with E-state index in [4.69, 9.17) is 4.74 Å². The Morgan fingerprint density at radius 3 is 2.52 bits per heavy atom. The van der Waals surface area contributed by atoms with Crippen LogP contribution in [0.25, 0.3) is 0 Å². The molecule has 0 aliphatic rings. The molecule has 146 valence electrons. The molecule has 1 atom stereocenters. The summed E-state index contributed by atoms with van der Waals surface area (Å²) >= 11 is 0. The third-order valence-electron chi connectivity index (χ3n) is 3.68. The second-order valence-electron chi connectivity index (χ2n) is 5.81. The van der Waals surface area contributed by atoms with E-state index in [0.29, 0.717) is 16.9 Å². The molecule has 2 N–H and O–H groups in total. The highest BCUT2D eigenvalue weighted by Gasteiger charge is 2.30. The molecule has 2 aromatic rings. The zero-order valence-corrected chi connectivity index (χ0v) is 14.6. The van der Waals surface area contributed by atoms with Crippen molar-refractivity contribution in [1.82, 2.24) is 5.32 Å². The van der Waals surface area contributed by atoms with Gasteiger partial charge < -0.3 is 19.9 Å². The zero-order valence-electron chi connectivity index (χ0n) is 14.6. The number of carbonyl (C=O) groups is 1. The maximum Gasteiger partial charge on any atom is 0.416 e. The monoisotopic (exact) mass is 383 g/mol. The van der Waals surface area contributed by atoms with Crippen LogP contribution in [0.1, 0.15) is 21.5 Å². The van der Waals surface area contributed by atoms with Crippen molar-refractivity contribution in [1.29, 1.82) is 0 Å². The molecule has 0 spiro atoms. The number of hydrogen-bond acceptors (Lipinski definition) is 5. The number of rotatable bonds is 8. The first-order valence-corrected chi connectivity index (χ1v) is 8.15. The number of halogens is 3. The minimum Gasteiger partial charge on any atom is -0.491 e. The van der Waals surface area contributed by atoms with Crippen LogP contribution in [0.4, 0.5) is 13.2 Å². The van der Waals surface area contributed by atoms with Gasteiger partial charge in [0.2, 0.25) is 0 Å². The number of carbonyl (C=O) groups excluding carboxylic acids is 1. The van der Waals surface area contributed by atoms with E-state index >= 15 is 0 Å². The van der Waals surface area contributed by atoms with Crippen LogP contribution in [0.3, 0.4) is 0 Å². The van der Waals surface area contributed by atoms with Crippen molar-refractivity contribution < 1.29 is 32.5 Å². The molecular formula is C19H20F3NO4. The first kappa shape index (κ1) is 20.7. The predicted octanol–water partition coefficient (Wildman–Crippen LogP) is 3.02. The van der Waals surface area contributed by atoms with Crippen molar-refractivity contribution in [2.75, 3.05) is 20.3 Å². The predicted molar refractivity (Wildman–Crippen MR) is 92.4 cm³/mol. The number of benzene rings is 2. The summed E-state index contributed by atoms with van der Waals surface area (Å²) in [6.07, 6.45) is -5.23. The summed E-state index contributed by atoms with van der Waals surface area (Å²) in [4.78, 5) is 11.3. The van der Waals surface area contributed by atoms with Crippen LogP contribution in [-0.4, -0.2) is 37.4 Å². The van der Waals surface area contributed by atoms with E-state index in [9.17, 15) is 23.1 Å². The lowest BCUT2D eigenvalue weighted by atomic mass is 10.1. The molecule has 0 aliphatic heterocycles. The van der Waals surface area contributed by atoms with Gasteiger partial charge in [0.25, 0.3) is 0 Å². The fraction of sp³-hybridized carbons (Fsp3) is 0.316. The Kier molecular flexibility index (Phi) is 7.20. The largest absolute Gasteiger partial charge is 0.491 e. The first-order chi connectivity index (χ1) is 12.8. The van der Waals surface area contributed by atoms with Gasteiger partial charge >= 0.3 is 12.1 Å². The molecule has 5 nitrogen and oxygen atoms in total. The minimum absolute atomic E-state index is 0.00678. The number of nitrogens with one attached hydrogen (secondary N) is 1. The second-order valence-corrected chi connectivity index (χ2v) is 5.81. The Morgan fingerprint density at radius 2 is 1.89 bits per heavy atom. The van der Waals surface area contributed by atoms with E-state index in [2.05, 4.69) is 10.1 Å². The molecular weight excluding hydrogens is 363 g/mol. The Labute approximate surface area is 154 Å². The summed E-state index contributed by atoms with van der Waals surface area (Å²) < 4.78 is 48.0. The number of aliphatic hydroxyl groups is 1. The van der Waals surface area contributed by atoms with Crippen molar-refractivity contribution >= 4 is 5.97 Å². The van der Waals surface area contributed by atoms with Gasteiger partial charge in [-0.1, -0.05) is 18.2 Å². The van der Waals surface area contributed by atoms with Gasteiger partial charge in [-0.25, -0.2) is 4.79 Å². The number of alkyl halides is 3. The quantitative estimate of drug-likeness (QED) is 0.686. The molecule has 0 saturated carbocycles. The summed E-state index contributed by atoms with van der Waals surface area (Å²) in [5.41, 5.74) is 0.144. The van der Waals surface area contributed by atoms with Gasteiger partial charge in [-0.15, -0.1) is 0 Å². The van der Waals surface area contributed by atoms with E-state index in [1.165, 1.54) is 13.2 Å². The normalized spacial score (nSPS) is 12.5. The van der Waals surface area contributed by atoms with Gasteiger partial charge in [0.15, 0.2) is 0 Å². The van der Waals surface area contributed by atoms with Crippen molar-refractivity contribution in [2.24, 2.45) is 0 Å². The Morgan fingerprint density at radius 1 is 1.19 bits per heavy atom. The van der Waals surface area contributed by atoms with E-state index in [1.54, 1.807) is 30.3 Å². The van der Waals surface area contributed by atoms with Crippen LogP contribution in [0.5, 0.6) is 5.75 Å². The molecule has 1 unspecified atom stereocenters. The van der Waals surface area contributed by atoms with E-state index in [0.717, 1.165) is 12.1 Å². The highest BCUT2D eigenvalue weighted by molar-refractivity contribution is 5.89. The van der Waals surface area contributed by atoms with Gasteiger partial charge in [0.1, 0.15) is 18.5 Å². The molecule has 0 aliphatic carbocycles. The molecule has 0 bridgehead atoms. The molecule has 0 saturated heterocycles. The number of hydrogen-bond donors (Lipinski definition) is 2. The molecule has 2 rings (SSSR count). The van der Waals surface area contributed by atoms with Gasteiger partial charge in [0, 0.05) is 13.1 Å². The van der Waals surface area contributed by atoms with Crippen LogP contribution in [0.15, 0.2) is 48.5 Å². The SMILES string of the molecule is COC(=O)c1ccc(OCC(O)CNCc2cccc(C(F)(F)F)c2)cc1. The van der Waals surface area contributed by atoms with Crippen LogP contribution in [-0.2, 0) is 17.5 Å². The maximum absolute atomic E-state index is 12.7. The molecule has 0 fully saturated rings. The number of esters is 1. The molecule has 0 radical (unpaired) electrons.